The van der Waals surface area contributed by atoms with Crippen molar-refractivity contribution in [3.63, 3.8) is 0 Å². The number of rotatable bonds is 4. The Kier molecular flexibility index (Phi) is 4.66. The molecule has 0 spiro atoms. The molecule has 0 atom stereocenters. The van der Waals surface area contributed by atoms with Gasteiger partial charge in [-0.2, -0.15) is 0 Å². The topological polar surface area (TPSA) is 46.2 Å². The molecule has 0 bridgehead atoms. The Morgan fingerprint density at radius 1 is 1.33 bits per heavy atom. The number of hydrogen-bond donors (Lipinski definition) is 1. The minimum Gasteiger partial charge on any atom is -0.379 e. The summed E-state index contributed by atoms with van der Waals surface area (Å²) >= 11 is 4.87. The van der Waals surface area contributed by atoms with Gasteiger partial charge in [0, 0.05) is 6.54 Å². The molecular weight excluding hydrogens is 174 g/mol. The molecule has 0 radical (unpaired) electrons. The summed E-state index contributed by atoms with van der Waals surface area (Å²) < 4.78 is 0. The number of Topliss-reactive ketones (excluding diaryl/α,β-unsaturated/α-hetero) is 2. The van der Waals surface area contributed by atoms with E-state index in [4.69, 9.17) is 12.2 Å². The lowest BCUT2D eigenvalue weighted by atomic mass is 10.0. The van der Waals surface area contributed by atoms with Crippen molar-refractivity contribution < 1.29 is 9.59 Å². The minimum absolute atomic E-state index is 0.201. The maximum Gasteiger partial charge on any atom is 0.147 e. The molecule has 0 aromatic heterocycles. The zero-order chi connectivity index (χ0) is 9.72. The molecule has 0 saturated carbocycles. The predicted octanol–water partition coefficient (Wildman–Crippen LogP) is 0.718. The van der Waals surface area contributed by atoms with Gasteiger partial charge in [0.1, 0.15) is 17.5 Å². The Morgan fingerprint density at radius 3 is 2.00 bits per heavy atom. The van der Waals surface area contributed by atoms with Crippen LogP contribution in [0.4, 0.5) is 0 Å². The van der Waals surface area contributed by atoms with Gasteiger partial charge in [-0.3, -0.25) is 9.59 Å². The van der Waals surface area contributed by atoms with Gasteiger partial charge in [0.05, 0.1) is 4.99 Å². The van der Waals surface area contributed by atoms with Crippen molar-refractivity contribution in [2.75, 3.05) is 6.54 Å². The van der Waals surface area contributed by atoms with E-state index in [1.807, 2.05) is 6.92 Å². The van der Waals surface area contributed by atoms with E-state index in [-0.39, 0.29) is 11.6 Å². The minimum atomic E-state index is -0.750. The van der Waals surface area contributed by atoms with Crippen LogP contribution in [0, 0.1) is 5.92 Å². The van der Waals surface area contributed by atoms with Gasteiger partial charge >= 0.3 is 0 Å². The molecule has 0 aromatic carbocycles. The quantitative estimate of drug-likeness (QED) is 0.520. The highest BCUT2D eigenvalue weighted by atomic mass is 32.1. The van der Waals surface area contributed by atoms with E-state index in [0.717, 1.165) is 0 Å². The van der Waals surface area contributed by atoms with Crippen molar-refractivity contribution in [3.05, 3.63) is 0 Å². The summed E-state index contributed by atoms with van der Waals surface area (Å²) in [5, 5.41) is 2.80. The van der Waals surface area contributed by atoms with Crippen LogP contribution < -0.4 is 5.32 Å². The highest BCUT2D eigenvalue weighted by Gasteiger charge is 2.23. The maximum absolute atomic E-state index is 11.0. The predicted molar refractivity (Wildman–Crippen MR) is 51.1 cm³/mol. The van der Waals surface area contributed by atoms with Crippen LogP contribution in [-0.4, -0.2) is 23.1 Å². The standard InChI is InChI=1S/C8H13NO2S/c1-4-9-8(12)7(5(2)10)6(3)11/h7H,4H2,1-3H3,(H,9,12). The zero-order valence-corrected chi connectivity index (χ0v) is 8.33. The van der Waals surface area contributed by atoms with Crippen molar-refractivity contribution in [1.29, 1.82) is 0 Å². The Morgan fingerprint density at radius 2 is 1.75 bits per heavy atom. The van der Waals surface area contributed by atoms with E-state index in [9.17, 15) is 9.59 Å². The largest absolute Gasteiger partial charge is 0.379 e. The maximum atomic E-state index is 11.0. The molecule has 0 aliphatic carbocycles. The monoisotopic (exact) mass is 187 g/mol. The smallest absolute Gasteiger partial charge is 0.147 e. The highest BCUT2D eigenvalue weighted by Crippen LogP contribution is 2.01. The molecule has 0 fully saturated rings. The van der Waals surface area contributed by atoms with Crippen LogP contribution in [0.25, 0.3) is 0 Å². The summed E-state index contributed by atoms with van der Waals surface area (Å²) in [4.78, 5) is 22.2. The first-order valence-electron chi connectivity index (χ1n) is 3.79. The second-order valence-corrected chi connectivity index (χ2v) is 2.99. The number of thiocarbonyl (C=S) groups is 1. The molecule has 68 valence electrons. The molecule has 3 nitrogen and oxygen atoms in total. The second-order valence-electron chi connectivity index (χ2n) is 2.55. The molecule has 4 heteroatoms. The van der Waals surface area contributed by atoms with E-state index in [2.05, 4.69) is 5.32 Å². The Hall–Kier alpha value is -0.770. The molecule has 12 heavy (non-hydrogen) atoms. The second kappa shape index (κ2) is 4.98. The van der Waals surface area contributed by atoms with Crippen molar-refractivity contribution in [2.45, 2.75) is 20.8 Å². The van der Waals surface area contributed by atoms with Crippen molar-refractivity contribution >= 4 is 28.8 Å². The summed E-state index contributed by atoms with van der Waals surface area (Å²) in [6.45, 7) is 5.24. The molecule has 1 N–H and O–H groups in total. The number of carbonyl (C=O) groups excluding carboxylic acids is 2. The fraction of sp³-hybridized carbons (Fsp3) is 0.625. The lowest BCUT2D eigenvalue weighted by Gasteiger charge is -2.12. The van der Waals surface area contributed by atoms with Gasteiger partial charge in [-0.25, -0.2) is 0 Å². The SMILES string of the molecule is CCNC(=S)C(C(C)=O)C(C)=O. The Balaban J connectivity index is 4.41. The molecule has 0 aliphatic rings. The van der Waals surface area contributed by atoms with Gasteiger partial charge in [-0.15, -0.1) is 0 Å². The number of nitrogens with one attached hydrogen (secondary N) is 1. The van der Waals surface area contributed by atoms with Gasteiger partial charge in [0.25, 0.3) is 0 Å². The lowest BCUT2D eigenvalue weighted by molar-refractivity contribution is -0.127. The Labute approximate surface area is 77.5 Å². The first kappa shape index (κ1) is 11.2. The first-order chi connectivity index (χ1) is 5.50. The average Bonchev–Trinajstić information content (AvgIpc) is 1.85. The fourth-order valence-corrected chi connectivity index (χ4v) is 1.41. The van der Waals surface area contributed by atoms with E-state index in [1.165, 1.54) is 13.8 Å². The zero-order valence-electron chi connectivity index (χ0n) is 7.51. The molecular formula is C8H13NO2S. The number of hydrogen-bond acceptors (Lipinski definition) is 3. The van der Waals surface area contributed by atoms with Crippen LogP contribution in [0.2, 0.25) is 0 Å². The summed E-state index contributed by atoms with van der Waals surface area (Å²) in [7, 11) is 0. The van der Waals surface area contributed by atoms with E-state index in [0.29, 0.717) is 11.5 Å². The van der Waals surface area contributed by atoms with Gasteiger partial charge < -0.3 is 5.32 Å². The number of ketones is 2. The van der Waals surface area contributed by atoms with Gasteiger partial charge in [-0.05, 0) is 20.8 Å². The summed E-state index contributed by atoms with van der Waals surface area (Å²) in [6.07, 6.45) is 0. The highest BCUT2D eigenvalue weighted by molar-refractivity contribution is 7.80. The molecule has 0 unspecified atom stereocenters. The Bertz CT molecular complexity index is 199. The van der Waals surface area contributed by atoms with Crippen LogP contribution in [0.1, 0.15) is 20.8 Å². The van der Waals surface area contributed by atoms with Crippen LogP contribution in [-0.2, 0) is 9.59 Å². The molecule has 0 amide bonds. The molecule has 0 saturated heterocycles. The normalized spacial score (nSPS) is 9.67. The van der Waals surface area contributed by atoms with E-state index >= 15 is 0 Å². The van der Waals surface area contributed by atoms with E-state index < -0.39 is 5.92 Å². The van der Waals surface area contributed by atoms with Gasteiger partial charge in [0.2, 0.25) is 0 Å². The van der Waals surface area contributed by atoms with Crippen molar-refractivity contribution in [2.24, 2.45) is 5.92 Å². The number of carbonyl (C=O) groups is 2. The average molecular weight is 187 g/mol. The van der Waals surface area contributed by atoms with Crippen LogP contribution in [0.15, 0.2) is 0 Å². The molecule has 0 heterocycles. The summed E-state index contributed by atoms with van der Waals surface area (Å²) in [6, 6.07) is 0. The van der Waals surface area contributed by atoms with Crippen LogP contribution in [0.3, 0.4) is 0 Å². The first-order valence-corrected chi connectivity index (χ1v) is 4.20. The van der Waals surface area contributed by atoms with Crippen molar-refractivity contribution in [1.82, 2.24) is 5.32 Å². The van der Waals surface area contributed by atoms with E-state index in [1.54, 1.807) is 0 Å². The van der Waals surface area contributed by atoms with Crippen LogP contribution in [0.5, 0.6) is 0 Å². The molecule has 0 aliphatic heterocycles. The molecule has 0 rings (SSSR count). The third kappa shape index (κ3) is 3.09. The molecule has 0 aromatic rings. The lowest BCUT2D eigenvalue weighted by Crippen LogP contribution is -2.36. The van der Waals surface area contributed by atoms with Crippen LogP contribution >= 0.6 is 12.2 Å². The van der Waals surface area contributed by atoms with Gasteiger partial charge in [-0.1, -0.05) is 12.2 Å². The fourth-order valence-electron chi connectivity index (χ4n) is 0.932. The summed E-state index contributed by atoms with van der Waals surface area (Å²) in [5.74, 6) is -1.15. The van der Waals surface area contributed by atoms with Gasteiger partial charge in [0.15, 0.2) is 0 Å². The summed E-state index contributed by atoms with van der Waals surface area (Å²) in [5.41, 5.74) is 0. The third-order valence-electron chi connectivity index (χ3n) is 1.43. The third-order valence-corrected chi connectivity index (χ3v) is 1.81. The van der Waals surface area contributed by atoms with Crippen molar-refractivity contribution in [3.8, 4) is 0 Å².